The van der Waals surface area contributed by atoms with E-state index in [0.717, 1.165) is 25.7 Å². The van der Waals surface area contributed by atoms with Crippen molar-refractivity contribution in [1.29, 1.82) is 0 Å². The van der Waals surface area contributed by atoms with Crippen LogP contribution >= 0.6 is 0 Å². The Morgan fingerprint density at radius 3 is 1.52 bits per heavy atom. The molecule has 0 aliphatic heterocycles. The lowest BCUT2D eigenvalue weighted by atomic mass is 9.74. The smallest absolute Gasteiger partial charge is 0.312 e. The maximum absolute atomic E-state index is 11.2. The maximum atomic E-state index is 11.2. The minimum absolute atomic E-state index is 0.125. The van der Waals surface area contributed by atoms with E-state index in [2.05, 4.69) is 5.32 Å². The van der Waals surface area contributed by atoms with Crippen LogP contribution in [0.2, 0.25) is 0 Å². The highest BCUT2D eigenvalue weighted by Crippen LogP contribution is 2.36. The molecule has 25 heavy (non-hydrogen) atoms. The average molecular weight is 356 g/mol. The third-order valence-electron chi connectivity index (χ3n) is 5.69. The van der Waals surface area contributed by atoms with E-state index in [1.54, 1.807) is 0 Å². The molecule has 0 bridgehead atoms. The van der Waals surface area contributed by atoms with E-state index in [0.29, 0.717) is 13.0 Å². The summed E-state index contributed by atoms with van der Waals surface area (Å²) in [4.78, 5) is 11.2. The molecule has 148 valence electrons. The minimum atomic E-state index is -0.833. The molecule has 1 fully saturated rings. The summed E-state index contributed by atoms with van der Waals surface area (Å²) >= 11 is 0. The van der Waals surface area contributed by atoms with Gasteiger partial charge in [-0.15, -0.1) is 0 Å². The SMILES string of the molecule is NC(=O)NCC1(CC(N)O)CCCCCCCCCCCCCCC1. The zero-order valence-corrected chi connectivity index (χ0v) is 16.1. The number of urea groups is 1. The van der Waals surface area contributed by atoms with E-state index in [1.807, 2.05) is 0 Å². The largest absolute Gasteiger partial charge is 0.379 e. The lowest BCUT2D eigenvalue weighted by Crippen LogP contribution is -2.43. The van der Waals surface area contributed by atoms with Crippen LogP contribution in [0.4, 0.5) is 4.79 Å². The summed E-state index contributed by atoms with van der Waals surface area (Å²) in [7, 11) is 0. The molecule has 0 aromatic carbocycles. The second-order valence-electron chi connectivity index (χ2n) is 8.09. The predicted molar refractivity (Wildman–Crippen MR) is 104 cm³/mol. The van der Waals surface area contributed by atoms with Crippen LogP contribution in [0, 0.1) is 5.41 Å². The first-order valence-corrected chi connectivity index (χ1v) is 10.5. The van der Waals surface area contributed by atoms with Gasteiger partial charge in [0.1, 0.15) is 6.23 Å². The molecule has 0 aromatic heterocycles. The Morgan fingerprint density at radius 2 is 1.20 bits per heavy atom. The fourth-order valence-corrected chi connectivity index (χ4v) is 4.24. The molecule has 1 unspecified atom stereocenters. The molecule has 0 heterocycles. The Bertz CT molecular complexity index is 332. The Hall–Kier alpha value is -0.810. The van der Waals surface area contributed by atoms with Crippen LogP contribution in [-0.2, 0) is 0 Å². The third-order valence-corrected chi connectivity index (χ3v) is 5.69. The second kappa shape index (κ2) is 13.4. The Labute approximate surface area is 154 Å². The van der Waals surface area contributed by atoms with Gasteiger partial charge < -0.3 is 21.9 Å². The fraction of sp³-hybridized carbons (Fsp3) is 0.950. The van der Waals surface area contributed by atoms with Crippen molar-refractivity contribution in [3.8, 4) is 0 Å². The first kappa shape index (κ1) is 22.2. The van der Waals surface area contributed by atoms with Crippen molar-refractivity contribution in [2.45, 2.75) is 109 Å². The van der Waals surface area contributed by atoms with Crippen molar-refractivity contribution in [2.24, 2.45) is 16.9 Å². The summed E-state index contributed by atoms with van der Waals surface area (Å²) in [5.41, 5.74) is 10.9. The van der Waals surface area contributed by atoms with E-state index in [4.69, 9.17) is 11.5 Å². The van der Waals surface area contributed by atoms with Gasteiger partial charge >= 0.3 is 6.03 Å². The normalized spacial score (nSPS) is 22.8. The van der Waals surface area contributed by atoms with Crippen LogP contribution in [0.5, 0.6) is 0 Å². The van der Waals surface area contributed by atoms with Gasteiger partial charge in [0.15, 0.2) is 0 Å². The van der Waals surface area contributed by atoms with E-state index < -0.39 is 12.3 Å². The zero-order chi connectivity index (χ0) is 18.4. The fourth-order valence-electron chi connectivity index (χ4n) is 4.24. The average Bonchev–Trinajstić information content (AvgIpc) is 2.55. The van der Waals surface area contributed by atoms with Crippen molar-refractivity contribution >= 4 is 6.03 Å². The molecular formula is C20H41N3O2. The lowest BCUT2D eigenvalue weighted by molar-refractivity contribution is 0.0844. The van der Waals surface area contributed by atoms with Crippen molar-refractivity contribution in [3.05, 3.63) is 0 Å². The number of nitrogens with one attached hydrogen (secondary N) is 1. The number of aliphatic hydroxyl groups is 1. The topological polar surface area (TPSA) is 101 Å². The van der Waals surface area contributed by atoms with Crippen LogP contribution in [-0.4, -0.2) is 23.9 Å². The first-order chi connectivity index (χ1) is 12.0. The second-order valence-corrected chi connectivity index (χ2v) is 8.09. The monoisotopic (exact) mass is 355 g/mol. The van der Waals surface area contributed by atoms with Gasteiger partial charge in [-0.3, -0.25) is 0 Å². The van der Waals surface area contributed by atoms with Crippen molar-refractivity contribution in [2.75, 3.05) is 6.54 Å². The van der Waals surface area contributed by atoms with E-state index in [9.17, 15) is 9.90 Å². The number of amides is 2. The lowest BCUT2D eigenvalue weighted by Gasteiger charge is -2.35. The zero-order valence-electron chi connectivity index (χ0n) is 16.1. The molecule has 5 nitrogen and oxygen atoms in total. The van der Waals surface area contributed by atoms with Gasteiger partial charge in [-0.1, -0.05) is 83.5 Å². The number of carbonyl (C=O) groups excluding carboxylic acids is 1. The summed E-state index contributed by atoms with van der Waals surface area (Å²) in [6, 6.07) is -0.488. The van der Waals surface area contributed by atoms with Crippen LogP contribution in [0.15, 0.2) is 0 Å². The number of rotatable bonds is 4. The summed E-state index contributed by atoms with van der Waals surface area (Å²) in [6.45, 7) is 0.524. The van der Waals surface area contributed by atoms with Crippen LogP contribution in [0.1, 0.15) is 103 Å². The van der Waals surface area contributed by atoms with Crippen LogP contribution in [0.25, 0.3) is 0 Å². The molecular weight excluding hydrogens is 314 g/mol. The number of hydrogen-bond donors (Lipinski definition) is 4. The number of carbonyl (C=O) groups is 1. The van der Waals surface area contributed by atoms with E-state index in [-0.39, 0.29) is 5.41 Å². The number of nitrogens with two attached hydrogens (primary N) is 2. The maximum Gasteiger partial charge on any atom is 0.312 e. The summed E-state index contributed by atoms with van der Waals surface area (Å²) in [5, 5.41) is 12.6. The van der Waals surface area contributed by atoms with Gasteiger partial charge in [0.25, 0.3) is 0 Å². The molecule has 6 N–H and O–H groups in total. The van der Waals surface area contributed by atoms with Gasteiger partial charge in [-0.05, 0) is 24.7 Å². The quantitative estimate of drug-likeness (QED) is 0.569. The molecule has 5 heteroatoms. The standard InChI is InChI=1S/C20H41N3O2/c21-18(24)16-20(17-23-19(22)25)14-12-10-8-6-4-2-1-3-5-7-9-11-13-15-20/h18,24H,1-17,21H2,(H3,22,23,25). The molecule has 1 aliphatic carbocycles. The number of primary amides is 1. The number of aliphatic hydroxyl groups excluding tert-OH is 1. The Morgan fingerprint density at radius 1 is 0.840 bits per heavy atom. The summed E-state index contributed by atoms with van der Waals surface area (Å²) < 4.78 is 0. The molecule has 0 saturated heterocycles. The van der Waals surface area contributed by atoms with E-state index in [1.165, 1.54) is 70.6 Å². The van der Waals surface area contributed by atoms with Crippen LogP contribution in [0.3, 0.4) is 0 Å². The third kappa shape index (κ3) is 11.4. The highest BCUT2D eigenvalue weighted by atomic mass is 16.3. The molecule has 0 radical (unpaired) electrons. The predicted octanol–water partition coefficient (Wildman–Crippen LogP) is 4.17. The van der Waals surface area contributed by atoms with Crippen molar-refractivity contribution in [1.82, 2.24) is 5.32 Å². The first-order valence-electron chi connectivity index (χ1n) is 10.5. The molecule has 1 rings (SSSR count). The van der Waals surface area contributed by atoms with Gasteiger partial charge in [0, 0.05) is 6.54 Å². The van der Waals surface area contributed by atoms with Gasteiger partial charge in [0.05, 0.1) is 0 Å². The molecule has 1 aliphatic rings. The highest BCUT2D eigenvalue weighted by molar-refractivity contribution is 5.71. The minimum Gasteiger partial charge on any atom is -0.379 e. The van der Waals surface area contributed by atoms with E-state index >= 15 is 0 Å². The Balaban J connectivity index is 2.63. The highest BCUT2D eigenvalue weighted by Gasteiger charge is 2.31. The van der Waals surface area contributed by atoms with Crippen LogP contribution < -0.4 is 16.8 Å². The van der Waals surface area contributed by atoms with Crippen molar-refractivity contribution in [3.63, 3.8) is 0 Å². The molecule has 0 aromatic rings. The van der Waals surface area contributed by atoms with Gasteiger partial charge in [-0.2, -0.15) is 0 Å². The Kier molecular flexibility index (Phi) is 11.9. The summed E-state index contributed by atoms with van der Waals surface area (Å²) in [6.07, 6.45) is 18.5. The van der Waals surface area contributed by atoms with Gasteiger partial charge in [-0.25, -0.2) is 4.79 Å². The molecule has 2 amide bonds. The van der Waals surface area contributed by atoms with Crippen molar-refractivity contribution < 1.29 is 9.90 Å². The van der Waals surface area contributed by atoms with Gasteiger partial charge in [0.2, 0.25) is 0 Å². The number of hydrogen-bond acceptors (Lipinski definition) is 3. The molecule has 0 spiro atoms. The molecule has 1 atom stereocenters. The molecule has 1 saturated carbocycles. The summed E-state index contributed by atoms with van der Waals surface area (Å²) in [5.74, 6) is 0.